The van der Waals surface area contributed by atoms with Crippen LogP contribution in [0.25, 0.3) is 0 Å². The van der Waals surface area contributed by atoms with Crippen molar-refractivity contribution in [3.63, 3.8) is 0 Å². The number of nitrogens with zero attached hydrogens (tertiary/aromatic N) is 2. The summed E-state index contributed by atoms with van der Waals surface area (Å²) < 4.78 is 38.6. The van der Waals surface area contributed by atoms with Gasteiger partial charge in [-0.25, -0.2) is 0 Å². The van der Waals surface area contributed by atoms with E-state index in [4.69, 9.17) is 12.2 Å². The number of hydrogen-bond donors (Lipinski definition) is 1. The van der Waals surface area contributed by atoms with E-state index in [9.17, 15) is 13.2 Å². The quantitative estimate of drug-likeness (QED) is 0.745. The first-order chi connectivity index (χ1) is 11.7. The van der Waals surface area contributed by atoms with Gasteiger partial charge in [-0.1, -0.05) is 12.1 Å². The minimum absolute atomic E-state index is 0.0443. The standard InChI is InChI=1S/C18H20F3N3S/c1-12(2)24(13(3)16-9-4-5-10-22-16)17(25)23-15-8-6-7-14(11-15)18(19,20)21/h4-13H,1-3H3,(H,23,25)/t13-/m0/s1. The summed E-state index contributed by atoms with van der Waals surface area (Å²) >= 11 is 5.45. The fourth-order valence-electron chi connectivity index (χ4n) is 2.58. The summed E-state index contributed by atoms with van der Waals surface area (Å²) in [6.07, 6.45) is -2.69. The van der Waals surface area contributed by atoms with E-state index in [1.54, 1.807) is 12.3 Å². The molecule has 2 rings (SSSR count). The summed E-state index contributed by atoms with van der Waals surface area (Å²) in [5.41, 5.74) is 0.428. The molecule has 0 aliphatic carbocycles. The van der Waals surface area contributed by atoms with Crippen LogP contribution in [0.2, 0.25) is 0 Å². The van der Waals surface area contributed by atoms with Crippen LogP contribution in [0.3, 0.4) is 0 Å². The van der Waals surface area contributed by atoms with Gasteiger partial charge in [-0.05, 0) is 63.3 Å². The third-order valence-corrected chi connectivity index (χ3v) is 4.08. The second-order valence-corrected chi connectivity index (χ2v) is 6.33. The molecular weight excluding hydrogens is 347 g/mol. The summed E-state index contributed by atoms with van der Waals surface area (Å²) in [5.74, 6) is 0. The fourth-order valence-corrected chi connectivity index (χ4v) is 3.07. The zero-order valence-corrected chi connectivity index (χ0v) is 15.0. The molecule has 1 aromatic carbocycles. The Kier molecular flexibility index (Phi) is 6.00. The Morgan fingerprint density at radius 1 is 1.12 bits per heavy atom. The topological polar surface area (TPSA) is 28.2 Å². The van der Waals surface area contributed by atoms with E-state index in [2.05, 4.69) is 10.3 Å². The Labute approximate surface area is 150 Å². The van der Waals surface area contributed by atoms with Crippen LogP contribution in [0.4, 0.5) is 18.9 Å². The lowest BCUT2D eigenvalue weighted by atomic mass is 10.1. The molecule has 1 N–H and O–H groups in total. The van der Waals surface area contributed by atoms with Gasteiger partial charge in [0.2, 0.25) is 0 Å². The van der Waals surface area contributed by atoms with Crippen molar-refractivity contribution < 1.29 is 13.2 Å². The van der Waals surface area contributed by atoms with Crippen LogP contribution in [-0.2, 0) is 6.18 Å². The molecule has 1 heterocycles. The Morgan fingerprint density at radius 2 is 1.84 bits per heavy atom. The van der Waals surface area contributed by atoms with Gasteiger partial charge in [0.25, 0.3) is 0 Å². The summed E-state index contributed by atoms with van der Waals surface area (Å²) in [6, 6.07) is 10.5. The minimum atomic E-state index is -4.39. The number of pyridine rings is 1. The molecule has 0 unspecified atom stereocenters. The Morgan fingerprint density at radius 3 is 2.40 bits per heavy atom. The number of thiocarbonyl (C=S) groups is 1. The van der Waals surface area contributed by atoms with Gasteiger partial charge in [0, 0.05) is 17.9 Å². The normalized spacial score (nSPS) is 12.8. The van der Waals surface area contributed by atoms with Crippen molar-refractivity contribution in [3.8, 4) is 0 Å². The number of aromatic nitrogens is 1. The number of anilines is 1. The van der Waals surface area contributed by atoms with E-state index in [1.807, 2.05) is 43.9 Å². The Hall–Kier alpha value is -2.15. The summed E-state index contributed by atoms with van der Waals surface area (Å²) in [7, 11) is 0. The monoisotopic (exact) mass is 367 g/mol. The van der Waals surface area contributed by atoms with E-state index in [1.165, 1.54) is 6.07 Å². The highest BCUT2D eigenvalue weighted by molar-refractivity contribution is 7.80. The maximum Gasteiger partial charge on any atom is 0.416 e. The predicted octanol–water partition coefficient (Wildman–Crippen LogP) is 5.27. The van der Waals surface area contributed by atoms with Crippen LogP contribution in [0.1, 0.15) is 38.1 Å². The molecule has 0 bridgehead atoms. The van der Waals surface area contributed by atoms with E-state index in [0.717, 1.165) is 17.8 Å². The first-order valence-electron chi connectivity index (χ1n) is 7.87. The number of alkyl halides is 3. The molecule has 0 aliphatic rings. The summed E-state index contributed by atoms with van der Waals surface area (Å²) in [6.45, 7) is 5.90. The SMILES string of the molecule is CC(C)N(C(=S)Nc1cccc(C(F)(F)F)c1)[C@@H](C)c1ccccn1. The van der Waals surface area contributed by atoms with Crippen LogP contribution in [0.5, 0.6) is 0 Å². The first-order valence-corrected chi connectivity index (χ1v) is 8.28. The van der Waals surface area contributed by atoms with Crippen LogP contribution in [0, 0.1) is 0 Å². The molecule has 0 amide bonds. The molecule has 1 atom stereocenters. The van der Waals surface area contributed by atoms with Gasteiger partial charge in [-0.3, -0.25) is 4.98 Å². The van der Waals surface area contributed by atoms with Gasteiger partial charge in [-0.15, -0.1) is 0 Å². The summed E-state index contributed by atoms with van der Waals surface area (Å²) in [4.78, 5) is 6.25. The lowest BCUT2D eigenvalue weighted by molar-refractivity contribution is -0.137. The van der Waals surface area contributed by atoms with E-state index in [0.29, 0.717) is 10.8 Å². The molecule has 1 aromatic heterocycles. The predicted molar refractivity (Wildman–Crippen MR) is 97.3 cm³/mol. The number of hydrogen-bond acceptors (Lipinski definition) is 2. The van der Waals surface area contributed by atoms with E-state index < -0.39 is 11.7 Å². The molecule has 0 radical (unpaired) electrons. The average molecular weight is 367 g/mol. The lowest BCUT2D eigenvalue weighted by Crippen LogP contribution is -2.41. The highest BCUT2D eigenvalue weighted by Gasteiger charge is 2.30. The molecule has 7 heteroatoms. The average Bonchev–Trinajstić information content (AvgIpc) is 2.54. The minimum Gasteiger partial charge on any atom is -0.338 e. The molecule has 0 aliphatic heterocycles. The Balaban J connectivity index is 2.22. The van der Waals surface area contributed by atoms with Crippen molar-refractivity contribution in [1.29, 1.82) is 0 Å². The van der Waals surface area contributed by atoms with Gasteiger partial charge >= 0.3 is 6.18 Å². The highest BCUT2D eigenvalue weighted by Crippen LogP contribution is 2.31. The maximum absolute atomic E-state index is 12.9. The number of nitrogens with one attached hydrogen (secondary N) is 1. The number of benzene rings is 1. The van der Waals surface area contributed by atoms with Gasteiger partial charge in [0.1, 0.15) is 0 Å². The lowest BCUT2D eigenvalue weighted by Gasteiger charge is -2.35. The summed E-state index contributed by atoms with van der Waals surface area (Å²) in [5, 5.41) is 3.27. The van der Waals surface area contributed by atoms with Crippen LogP contribution >= 0.6 is 12.2 Å². The number of rotatable bonds is 4. The van der Waals surface area contributed by atoms with Crippen molar-refractivity contribution in [2.24, 2.45) is 0 Å². The molecule has 25 heavy (non-hydrogen) atoms. The molecule has 3 nitrogen and oxygen atoms in total. The molecule has 0 saturated carbocycles. The third-order valence-electron chi connectivity index (χ3n) is 3.77. The molecule has 2 aromatic rings. The van der Waals surface area contributed by atoms with Gasteiger partial charge in [0.05, 0.1) is 17.3 Å². The van der Waals surface area contributed by atoms with Crippen LogP contribution in [0.15, 0.2) is 48.7 Å². The number of halogens is 3. The van der Waals surface area contributed by atoms with Crippen molar-refractivity contribution >= 4 is 23.0 Å². The van der Waals surface area contributed by atoms with E-state index >= 15 is 0 Å². The molecule has 0 spiro atoms. The Bertz CT molecular complexity index is 717. The zero-order chi connectivity index (χ0) is 18.6. The molecule has 134 valence electrons. The van der Waals surface area contributed by atoms with Gasteiger partial charge < -0.3 is 10.2 Å². The second kappa shape index (κ2) is 7.82. The maximum atomic E-state index is 12.9. The largest absolute Gasteiger partial charge is 0.416 e. The van der Waals surface area contributed by atoms with E-state index in [-0.39, 0.29) is 12.1 Å². The van der Waals surface area contributed by atoms with Crippen LogP contribution in [-0.4, -0.2) is 21.0 Å². The highest BCUT2D eigenvalue weighted by atomic mass is 32.1. The van der Waals surface area contributed by atoms with Crippen molar-refractivity contribution in [3.05, 3.63) is 59.9 Å². The van der Waals surface area contributed by atoms with Gasteiger partial charge in [-0.2, -0.15) is 13.2 Å². The smallest absolute Gasteiger partial charge is 0.338 e. The molecule has 0 fully saturated rings. The zero-order valence-electron chi connectivity index (χ0n) is 14.2. The van der Waals surface area contributed by atoms with Crippen molar-refractivity contribution in [2.45, 2.75) is 39.0 Å². The van der Waals surface area contributed by atoms with Crippen molar-refractivity contribution in [2.75, 3.05) is 5.32 Å². The third kappa shape index (κ3) is 4.92. The fraction of sp³-hybridized carbons (Fsp3) is 0.333. The van der Waals surface area contributed by atoms with Crippen LogP contribution < -0.4 is 5.32 Å². The second-order valence-electron chi connectivity index (χ2n) is 5.94. The van der Waals surface area contributed by atoms with Crippen molar-refractivity contribution in [1.82, 2.24) is 9.88 Å². The molecular formula is C18H20F3N3S. The van der Waals surface area contributed by atoms with Gasteiger partial charge in [0.15, 0.2) is 5.11 Å². The molecule has 0 saturated heterocycles. The first kappa shape index (κ1) is 19.2.